The first-order valence-corrected chi connectivity index (χ1v) is 49.3. The molecule has 7 atom stereocenters. The molecule has 0 aliphatic rings. The van der Waals surface area contributed by atoms with E-state index in [2.05, 4.69) is 55.4 Å². The quantitative estimate of drug-likeness (QED) is 0.0222. The molecular formula is C90H176O17P2. The normalized spacial score (nSPS) is 14.4. The lowest BCUT2D eigenvalue weighted by Crippen LogP contribution is -2.30. The first-order chi connectivity index (χ1) is 52.7. The van der Waals surface area contributed by atoms with Gasteiger partial charge in [-0.1, -0.05) is 421 Å². The lowest BCUT2D eigenvalue weighted by Gasteiger charge is -2.21. The monoisotopic (exact) mass is 1590 g/mol. The number of unbranched alkanes of at least 4 members (excludes halogenated alkanes) is 51. The number of carbonyl (C=O) groups is 4. The molecule has 3 N–H and O–H groups in total. The van der Waals surface area contributed by atoms with Crippen molar-refractivity contribution in [3.8, 4) is 0 Å². The minimum Gasteiger partial charge on any atom is -0.462 e. The van der Waals surface area contributed by atoms with Crippen molar-refractivity contribution in [2.75, 3.05) is 39.6 Å². The fourth-order valence-electron chi connectivity index (χ4n) is 14.0. The molecule has 648 valence electrons. The summed E-state index contributed by atoms with van der Waals surface area (Å²) >= 11 is 0. The second-order valence-corrected chi connectivity index (χ2v) is 36.7. The SMILES string of the molecule is CCC(C)CCCCCCCCCCCCCCCCCCCCC(=O)OC[C@H](COP(=O)(O)OC[C@@H](O)COP(=O)(O)OC[C@@H](COC(=O)CCCCCCCCC(C)C)OC(=O)CCCCCCCCCCCCCCCC(C)C)OC(=O)CCCCCCCCCCCCCCCCCCCCC(C)CC. The fraction of sp³-hybridized carbons (Fsp3) is 0.956. The Morgan fingerprint density at radius 1 is 0.257 bits per heavy atom. The molecule has 19 heteroatoms. The fourth-order valence-corrected chi connectivity index (χ4v) is 15.5. The van der Waals surface area contributed by atoms with Crippen LogP contribution in [0.2, 0.25) is 0 Å². The van der Waals surface area contributed by atoms with Gasteiger partial charge in [-0.2, -0.15) is 0 Å². The van der Waals surface area contributed by atoms with Crippen molar-refractivity contribution in [3.05, 3.63) is 0 Å². The highest BCUT2D eigenvalue weighted by Crippen LogP contribution is 2.45. The molecule has 4 unspecified atom stereocenters. The zero-order chi connectivity index (χ0) is 80.2. The van der Waals surface area contributed by atoms with Crippen molar-refractivity contribution in [2.45, 2.75) is 491 Å². The maximum absolute atomic E-state index is 13.2. The lowest BCUT2D eigenvalue weighted by atomic mass is 9.99. The molecule has 0 saturated heterocycles. The van der Waals surface area contributed by atoms with E-state index in [4.69, 9.17) is 37.0 Å². The number of phosphoric acid groups is 2. The van der Waals surface area contributed by atoms with E-state index in [0.29, 0.717) is 31.6 Å². The van der Waals surface area contributed by atoms with Crippen LogP contribution in [0.5, 0.6) is 0 Å². The number of aliphatic hydroxyl groups excluding tert-OH is 1. The summed E-state index contributed by atoms with van der Waals surface area (Å²) in [6.07, 6.45) is 69.7. The maximum atomic E-state index is 13.2. The topological polar surface area (TPSA) is 237 Å². The van der Waals surface area contributed by atoms with E-state index in [-0.39, 0.29) is 25.7 Å². The Bertz CT molecular complexity index is 2110. The average molecular weight is 1590 g/mol. The molecule has 0 aromatic heterocycles. The van der Waals surface area contributed by atoms with Crippen LogP contribution in [0.3, 0.4) is 0 Å². The third-order valence-corrected chi connectivity index (χ3v) is 23.7. The molecular weight excluding hydrogens is 1410 g/mol. The first kappa shape index (κ1) is 107. The zero-order valence-corrected chi connectivity index (χ0v) is 74.0. The minimum absolute atomic E-state index is 0.106. The Kier molecular flexibility index (Phi) is 77.2. The summed E-state index contributed by atoms with van der Waals surface area (Å²) in [6, 6.07) is 0. The first-order valence-electron chi connectivity index (χ1n) is 46.3. The van der Waals surface area contributed by atoms with Gasteiger partial charge in [0.1, 0.15) is 19.3 Å². The van der Waals surface area contributed by atoms with E-state index in [1.54, 1.807) is 0 Å². The Hall–Kier alpha value is -1.94. The van der Waals surface area contributed by atoms with E-state index in [1.807, 2.05) is 0 Å². The van der Waals surface area contributed by atoms with E-state index in [1.165, 1.54) is 270 Å². The number of hydrogen-bond acceptors (Lipinski definition) is 15. The number of hydrogen-bond donors (Lipinski definition) is 3. The van der Waals surface area contributed by atoms with Crippen LogP contribution < -0.4 is 0 Å². The van der Waals surface area contributed by atoms with Crippen LogP contribution in [-0.4, -0.2) is 96.7 Å². The molecule has 109 heavy (non-hydrogen) atoms. The highest BCUT2D eigenvalue weighted by Gasteiger charge is 2.31. The number of aliphatic hydroxyl groups is 1. The van der Waals surface area contributed by atoms with Crippen molar-refractivity contribution in [1.29, 1.82) is 0 Å². The number of carbonyl (C=O) groups excluding carboxylic acids is 4. The molecule has 0 spiro atoms. The molecule has 0 rings (SSSR count). The summed E-state index contributed by atoms with van der Waals surface area (Å²) in [4.78, 5) is 73.3. The Morgan fingerprint density at radius 3 is 0.651 bits per heavy atom. The van der Waals surface area contributed by atoms with Crippen molar-refractivity contribution in [2.24, 2.45) is 23.7 Å². The van der Waals surface area contributed by atoms with Gasteiger partial charge in [0.2, 0.25) is 0 Å². The van der Waals surface area contributed by atoms with Gasteiger partial charge < -0.3 is 33.8 Å². The molecule has 0 heterocycles. The van der Waals surface area contributed by atoms with Crippen molar-refractivity contribution >= 4 is 39.5 Å². The van der Waals surface area contributed by atoms with Crippen molar-refractivity contribution in [3.63, 3.8) is 0 Å². The van der Waals surface area contributed by atoms with E-state index in [0.717, 1.165) is 114 Å². The van der Waals surface area contributed by atoms with Gasteiger partial charge in [-0.05, 0) is 49.4 Å². The molecule has 0 aliphatic carbocycles. The van der Waals surface area contributed by atoms with Gasteiger partial charge in [-0.3, -0.25) is 37.3 Å². The van der Waals surface area contributed by atoms with Crippen LogP contribution in [0.15, 0.2) is 0 Å². The predicted molar refractivity (Wildman–Crippen MR) is 451 cm³/mol. The molecule has 0 amide bonds. The molecule has 0 aromatic rings. The minimum atomic E-state index is -4.97. The summed E-state index contributed by atoms with van der Waals surface area (Å²) in [7, 11) is -9.93. The molecule has 0 bridgehead atoms. The number of phosphoric ester groups is 2. The maximum Gasteiger partial charge on any atom is 0.472 e. The van der Waals surface area contributed by atoms with Crippen LogP contribution in [0, 0.1) is 23.7 Å². The van der Waals surface area contributed by atoms with E-state index in [9.17, 15) is 43.2 Å². The molecule has 0 fully saturated rings. The van der Waals surface area contributed by atoms with Crippen LogP contribution >= 0.6 is 15.6 Å². The summed E-state index contributed by atoms with van der Waals surface area (Å²) < 4.78 is 68.9. The van der Waals surface area contributed by atoms with Crippen molar-refractivity contribution in [1.82, 2.24) is 0 Å². The second kappa shape index (κ2) is 78.6. The standard InChI is InChI=1S/C90H176O17P2/c1-9-82(7)68-60-52-43-37-31-25-19-15-11-13-17-21-27-33-39-45-54-62-70-87(92)100-76-85(106-89(94)72-64-56-46-40-34-28-22-18-14-12-16-20-26-32-38-44-53-61-69-83(8)10-2)78-104-108(96,97)102-74-84(91)75-103-109(98,99)105-79-86(77-101-88(93)71-63-55-49-48-51-59-67-81(5)6)107-90(95)73-65-57-47-41-35-29-23-24-30-36-42-50-58-66-80(3)4/h80-86,91H,9-79H2,1-8H3,(H,96,97)(H,98,99)/t82?,83?,84-,85-,86-/m1/s1. The summed E-state index contributed by atoms with van der Waals surface area (Å²) in [5.74, 6) is 1.10. The number of rotatable bonds is 87. The van der Waals surface area contributed by atoms with Gasteiger partial charge in [0.05, 0.1) is 26.4 Å². The van der Waals surface area contributed by atoms with Gasteiger partial charge in [0.25, 0.3) is 0 Å². The second-order valence-electron chi connectivity index (χ2n) is 33.8. The average Bonchev–Trinajstić information content (AvgIpc) is 0.897. The predicted octanol–water partition coefficient (Wildman–Crippen LogP) is 27.5. The van der Waals surface area contributed by atoms with Gasteiger partial charge in [-0.25, -0.2) is 9.13 Å². The molecule has 0 radical (unpaired) electrons. The molecule has 17 nitrogen and oxygen atoms in total. The Morgan fingerprint density at radius 2 is 0.440 bits per heavy atom. The zero-order valence-electron chi connectivity index (χ0n) is 72.2. The summed E-state index contributed by atoms with van der Waals surface area (Å²) in [5.41, 5.74) is 0. The largest absolute Gasteiger partial charge is 0.472 e. The third-order valence-electron chi connectivity index (χ3n) is 21.8. The third kappa shape index (κ3) is 81.0. The molecule has 0 aromatic carbocycles. The molecule has 0 aliphatic heterocycles. The number of ether oxygens (including phenoxy) is 4. The van der Waals surface area contributed by atoms with E-state index < -0.39 is 97.5 Å². The van der Waals surface area contributed by atoms with Gasteiger partial charge in [0, 0.05) is 25.7 Å². The summed E-state index contributed by atoms with van der Waals surface area (Å²) in [6.45, 7) is 14.4. The smallest absolute Gasteiger partial charge is 0.462 e. The van der Waals surface area contributed by atoms with E-state index >= 15 is 0 Å². The van der Waals surface area contributed by atoms with Crippen LogP contribution in [0.4, 0.5) is 0 Å². The van der Waals surface area contributed by atoms with Crippen LogP contribution in [0.25, 0.3) is 0 Å². The van der Waals surface area contributed by atoms with Crippen LogP contribution in [-0.2, 0) is 65.4 Å². The van der Waals surface area contributed by atoms with Gasteiger partial charge in [0.15, 0.2) is 12.2 Å². The lowest BCUT2D eigenvalue weighted by molar-refractivity contribution is -0.161. The number of esters is 4. The van der Waals surface area contributed by atoms with Crippen LogP contribution in [0.1, 0.15) is 473 Å². The highest BCUT2D eigenvalue weighted by atomic mass is 31.2. The Balaban J connectivity index is 5.20. The molecule has 0 saturated carbocycles. The van der Waals surface area contributed by atoms with Gasteiger partial charge in [-0.15, -0.1) is 0 Å². The van der Waals surface area contributed by atoms with Gasteiger partial charge >= 0.3 is 39.5 Å². The highest BCUT2D eigenvalue weighted by molar-refractivity contribution is 7.47. The Labute approximate surface area is 670 Å². The summed E-state index contributed by atoms with van der Waals surface area (Å²) in [5, 5.41) is 10.7. The van der Waals surface area contributed by atoms with Crippen molar-refractivity contribution < 1.29 is 80.2 Å².